The molecule has 8 aromatic rings. The molecular formula is C62H82BClN14O8. The van der Waals surface area contributed by atoms with Gasteiger partial charge in [0.1, 0.15) is 40.5 Å². The van der Waals surface area contributed by atoms with Crippen LogP contribution in [0.1, 0.15) is 145 Å². The molecule has 86 heavy (non-hydrogen) atoms. The third-order valence-corrected chi connectivity index (χ3v) is 16.8. The van der Waals surface area contributed by atoms with Crippen LogP contribution >= 0.6 is 11.6 Å². The van der Waals surface area contributed by atoms with Crippen molar-refractivity contribution in [3.05, 3.63) is 113 Å². The van der Waals surface area contributed by atoms with Gasteiger partial charge in [-0.3, -0.25) is 19.0 Å². The van der Waals surface area contributed by atoms with Crippen LogP contribution in [0.2, 0.25) is 5.15 Å². The lowest BCUT2D eigenvalue weighted by molar-refractivity contribution is -0.130. The number of fused-ring (bicyclic) bond motifs is 2. The smallest absolute Gasteiger partial charge is 0.497 e. The minimum atomic E-state index is -0.328. The summed E-state index contributed by atoms with van der Waals surface area (Å²) in [5, 5.41) is 18.0. The molecule has 3 aliphatic rings. The fraction of sp³-hybridized carbons (Fsp3) is 0.516. The summed E-state index contributed by atoms with van der Waals surface area (Å²) in [5.74, 6) is 3.09. The Morgan fingerprint density at radius 3 is 1.48 bits per heavy atom. The van der Waals surface area contributed by atoms with Gasteiger partial charge < -0.3 is 38.1 Å². The summed E-state index contributed by atoms with van der Waals surface area (Å²) in [6.07, 6.45) is 7.93. The van der Waals surface area contributed by atoms with Crippen molar-refractivity contribution in [2.75, 3.05) is 27.3 Å². The van der Waals surface area contributed by atoms with Crippen molar-refractivity contribution in [1.29, 1.82) is 0 Å². The molecule has 2 amide bonds. The minimum Gasteiger partial charge on any atom is -0.497 e. The third-order valence-electron chi connectivity index (χ3n) is 16.6. The van der Waals surface area contributed by atoms with Gasteiger partial charge in [-0.1, -0.05) is 35.9 Å². The summed E-state index contributed by atoms with van der Waals surface area (Å²) in [6.45, 7) is 33.7. The molecule has 0 saturated carbocycles. The van der Waals surface area contributed by atoms with Gasteiger partial charge in [0.15, 0.2) is 11.3 Å². The topological polar surface area (TPSA) is 218 Å². The van der Waals surface area contributed by atoms with Crippen molar-refractivity contribution in [3.63, 3.8) is 0 Å². The number of hydrogen-bond acceptors (Lipinski definition) is 16. The van der Waals surface area contributed by atoms with E-state index in [1.165, 1.54) is 4.52 Å². The zero-order chi connectivity index (χ0) is 62.4. The van der Waals surface area contributed by atoms with Crippen LogP contribution in [-0.4, -0.2) is 138 Å². The number of nitrogens with zero attached hydrogens (tertiary/aromatic N) is 14. The van der Waals surface area contributed by atoms with Crippen LogP contribution in [0.15, 0.2) is 85.5 Å². The van der Waals surface area contributed by atoms with Crippen molar-refractivity contribution in [2.45, 2.75) is 170 Å². The molecule has 9 heterocycles. The Bertz CT molecular complexity index is 3660. The Morgan fingerprint density at radius 1 is 0.616 bits per heavy atom. The number of hydrogen-bond donors (Lipinski definition) is 0. The molecule has 0 aliphatic carbocycles. The predicted molar refractivity (Wildman–Crippen MR) is 328 cm³/mol. The minimum absolute atomic E-state index is 0.0111. The Balaban J connectivity index is 0.000000164. The van der Waals surface area contributed by atoms with Gasteiger partial charge in [0.25, 0.3) is 0 Å². The van der Waals surface area contributed by atoms with Gasteiger partial charge in [-0.05, 0) is 146 Å². The lowest BCUT2D eigenvalue weighted by atomic mass is 9.82. The number of amides is 2. The van der Waals surface area contributed by atoms with Crippen LogP contribution in [0, 0.1) is 25.7 Å². The van der Waals surface area contributed by atoms with Gasteiger partial charge in [0.05, 0.1) is 60.5 Å². The van der Waals surface area contributed by atoms with E-state index in [4.69, 9.17) is 44.8 Å². The van der Waals surface area contributed by atoms with E-state index in [0.717, 1.165) is 33.7 Å². The summed E-state index contributed by atoms with van der Waals surface area (Å²) in [5.41, 5.74) is 5.13. The van der Waals surface area contributed by atoms with Crippen molar-refractivity contribution in [3.8, 4) is 34.8 Å². The molecule has 6 atom stereocenters. The molecule has 458 valence electrons. The fourth-order valence-corrected chi connectivity index (χ4v) is 10.6. The Morgan fingerprint density at radius 2 is 1.05 bits per heavy atom. The first-order valence-electron chi connectivity index (χ1n) is 29.2. The number of halogens is 1. The van der Waals surface area contributed by atoms with Crippen LogP contribution in [0.25, 0.3) is 22.6 Å². The second-order valence-corrected chi connectivity index (χ2v) is 25.9. The first kappa shape index (κ1) is 62.9. The van der Waals surface area contributed by atoms with E-state index < -0.39 is 0 Å². The highest BCUT2D eigenvalue weighted by Crippen LogP contribution is 2.38. The molecular weight excluding hydrogens is 1120 g/mol. The molecule has 6 aromatic heterocycles. The van der Waals surface area contributed by atoms with E-state index in [2.05, 4.69) is 112 Å². The molecule has 3 aliphatic heterocycles. The number of likely N-dealkylation sites (tertiary alicyclic amines) is 2. The molecule has 0 bridgehead atoms. The van der Waals surface area contributed by atoms with E-state index in [0.29, 0.717) is 60.6 Å². The molecule has 0 radical (unpaired) electrons. The molecule has 3 saturated heterocycles. The van der Waals surface area contributed by atoms with Crippen molar-refractivity contribution in [2.24, 2.45) is 11.8 Å². The first-order chi connectivity index (χ1) is 40.4. The highest BCUT2D eigenvalue weighted by molar-refractivity contribution is 6.62. The zero-order valence-electron chi connectivity index (χ0n) is 52.9. The Hall–Kier alpha value is -7.63. The van der Waals surface area contributed by atoms with Gasteiger partial charge >= 0.3 is 19.1 Å². The SMILES string of the molecule is CC(C)(C)n1cc(B2OC(C)(C)C(C)(C)O2)cn1.COc1ccc([C@H](C)N2C[C@H]([C@@H](C)Oc3nc(-c4cnn(C(C)(C)C)c4)cc4nc(C)nn34)CC2=O)cc1.COc1ccc([C@H](C)N2C[C@H]([C@@H](C)Oc3nc(Cl)cc4nc(C)nn34)CC2=O)cc1. The maximum atomic E-state index is 13.0. The summed E-state index contributed by atoms with van der Waals surface area (Å²) in [6, 6.07) is 19.7. The van der Waals surface area contributed by atoms with Gasteiger partial charge in [-0.25, -0.2) is 9.97 Å². The Kier molecular flexibility index (Phi) is 18.0. The zero-order valence-corrected chi connectivity index (χ0v) is 53.6. The lowest BCUT2D eigenvalue weighted by Gasteiger charge is -2.32. The predicted octanol–water partition coefficient (Wildman–Crippen LogP) is 9.85. The van der Waals surface area contributed by atoms with Gasteiger partial charge in [-0.15, -0.1) is 10.2 Å². The van der Waals surface area contributed by atoms with Crippen LogP contribution in [0.5, 0.6) is 23.5 Å². The number of carbonyl (C=O) groups is 2. The average Bonchev–Trinajstić information content (AvgIpc) is 4.06. The standard InChI is InChI=1S/C28H35N7O3.C21H24ClN5O3.C13H23BN2O2/c1-17(20-8-10-23(37-7)11-9-20)33-15-21(12-26(33)36)18(2)38-27-31-24(13-25-30-19(3)32-35(25)27)22-14-29-34(16-22)28(4,5)6;1-12(15-5-7-17(29-4)8-6-15)26-11-16(9-20(26)28)13(2)30-21-24-18(22)10-19-23-14(3)25-27(19)21;1-11(2,3)16-9-10(8-15-16)14-17-12(4,5)13(6,7)18-14/h8-11,13-14,16-18,21H,12,15H2,1-7H3;5-8,10,12-13,16H,9,11H2,1-4H3;8-9H,1-7H3/t17-,18+,21+;12-,13+,16+;/m00./s1. The van der Waals surface area contributed by atoms with E-state index in [1.54, 1.807) is 37.9 Å². The molecule has 24 heteroatoms. The van der Waals surface area contributed by atoms with E-state index in [-0.39, 0.29) is 88.5 Å². The summed E-state index contributed by atoms with van der Waals surface area (Å²) in [7, 11) is 2.95. The van der Waals surface area contributed by atoms with Crippen LogP contribution in [0.4, 0.5) is 0 Å². The quantitative estimate of drug-likeness (QED) is 0.0731. The van der Waals surface area contributed by atoms with Crippen molar-refractivity contribution >= 4 is 47.3 Å². The molecule has 3 fully saturated rings. The maximum absolute atomic E-state index is 13.0. The molecule has 0 spiro atoms. The molecule has 0 unspecified atom stereocenters. The Labute approximate surface area is 509 Å². The third kappa shape index (κ3) is 13.8. The number of methoxy groups -OCH3 is 2. The monoisotopic (exact) mass is 1200 g/mol. The average molecular weight is 1200 g/mol. The molecule has 11 rings (SSSR count). The fourth-order valence-electron chi connectivity index (χ4n) is 10.4. The number of carbonyl (C=O) groups excluding carboxylic acids is 2. The number of aryl methyl sites for hydroxylation is 2. The van der Waals surface area contributed by atoms with Crippen LogP contribution in [0.3, 0.4) is 0 Å². The van der Waals surface area contributed by atoms with Gasteiger partial charge in [0, 0.05) is 79.5 Å². The normalized spacial score (nSPS) is 19.0. The van der Waals surface area contributed by atoms with Gasteiger partial charge in [0.2, 0.25) is 11.8 Å². The van der Waals surface area contributed by atoms with E-state index in [9.17, 15) is 9.59 Å². The lowest BCUT2D eigenvalue weighted by Crippen LogP contribution is -2.41. The van der Waals surface area contributed by atoms with Crippen LogP contribution < -0.4 is 24.4 Å². The summed E-state index contributed by atoms with van der Waals surface area (Å²) >= 11 is 6.11. The van der Waals surface area contributed by atoms with E-state index >= 15 is 0 Å². The maximum Gasteiger partial charge on any atom is 0.498 e. The molecule has 0 N–H and O–H groups in total. The largest absolute Gasteiger partial charge is 0.498 e. The highest BCUT2D eigenvalue weighted by atomic mass is 35.5. The summed E-state index contributed by atoms with van der Waals surface area (Å²) in [4.78, 5) is 47.5. The number of aromatic nitrogens is 12. The van der Waals surface area contributed by atoms with E-state index in [1.807, 2.05) is 120 Å². The molecule has 22 nitrogen and oxygen atoms in total. The van der Waals surface area contributed by atoms with Crippen molar-refractivity contribution in [1.82, 2.24) is 68.5 Å². The number of benzene rings is 2. The first-order valence-corrected chi connectivity index (χ1v) is 29.6. The number of ether oxygens (including phenoxy) is 4. The summed E-state index contributed by atoms with van der Waals surface area (Å²) < 4.78 is 42.0. The number of rotatable bonds is 14. The van der Waals surface area contributed by atoms with Gasteiger partial charge in [-0.2, -0.15) is 29.2 Å². The molecule has 2 aromatic carbocycles. The highest BCUT2D eigenvalue weighted by Gasteiger charge is 2.52. The second kappa shape index (κ2) is 24.6. The second-order valence-electron chi connectivity index (χ2n) is 25.5. The van der Waals surface area contributed by atoms with Crippen LogP contribution in [-0.2, 0) is 30.0 Å². The van der Waals surface area contributed by atoms with Crippen molar-refractivity contribution < 1.29 is 37.8 Å².